The molecular formula is C13H28N2O3. The van der Waals surface area contributed by atoms with Crippen molar-refractivity contribution in [2.75, 3.05) is 33.4 Å². The lowest BCUT2D eigenvalue weighted by Crippen LogP contribution is -2.39. The molecule has 0 aliphatic carbocycles. The van der Waals surface area contributed by atoms with Crippen LogP contribution in [0.1, 0.15) is 33.1 Å². The van der Waals surface area contributed by atoms with Crippen LogP contribution in [0.5, 0.6) is 0 Å². The number of nitrogens with two attached hydrogens (primary N) is 1. The van der Waals surface area contributed by atoms with Crippen LogP contribution in [0, 0.1) is 5.92 Å². The maximum atomic E-state index is 12.1. The number of methoxy groups -OCH3 is 1. The van der Waals surface area contributed by atoms with E-state index in [1.165, 1.54) is 0 Å². The Hall–Kier alpha value is -0.650. The summed E-state index contributed by atoms with van der Waals surface area (Å²) < 4.78 is 4.97. The Balaban J connectivity index is 4.10. The largest absolute Gasteiger partial charge is 0.395 e. The zero-order chi connectivity index (χ0) is 14.0. The van der Waals surface area contributed by atoms with Gasteiger partial charge in [0, 0.05) is 32.2 Å². The molecule has 0 bridgehead atoms. The second-order valence-corrected chi connectivity index (χ2v) is 4.85. The van der Waals surface area contributed by atoms with Crippen LogP contribution in [0.3, 0.4) is 0 Å². The molecule has 0 aromatic rings. The van der Waals surface area contributed by atoms with Gasteiger partial charge >= 0.3 is 0 Å². The Morgan fingerprint density at radius 1 is 1.33 bits per heavy atom. The van der Waals surface area contributed by atoms with Crippen molar-refractivity contribution in [2.24, 2.45) is 11.7 Å². The van der Waals surface area contributed by atoms with Crippen LogP contribution in [0.25, 0.3) is 0 Å². The van der Waals surface area contributed by atoms with E-state index in [9.17, 15) is 4.79 Å². The molecule has 0 spiro atoms. The molecule has 0 aliphatic heterocycles. The van der Waals surface area contributed by atoms with Gasteiger partial charge in [-0.05, 0) is 19.8 Å². The number of rotatable bonds is 10. The molecule has 0 rings (SSSR count). The molecule has 108 valence electrons. The topological polar surface area (TPSA) is 75.8 Å². The predicted molar refractivity (Wildman–Crippen MR) is 72.2 cm³/mol. The third-order valence-electron chi connectivity index (χ3n) is 2.97. The van der Waals surface area contributed by atoms with Gasteiger partial charge in [-0.3, -0.25) is 4.79 Å². The number of hydrogen-bond acceptors (Lipinski definition) is 4. The molecule has 2 atom stereocenters. The summed E-state index contributed by atoms with van der Waals surface area (Å²) in [6.45, 7) is 5.30. The third-order valence-corrected chi connectivity index (χ3v) is 2.97. The van der Waals surface area contributed by atoms with Crippen LogP contribution in [-0.2, 0) is 9.53 Å². The van der Waals surface area contributed by atoms with Crippen LogP contribution in [0.2, 0.25) is 0 Å². The Bertz CT molecular complexity index is 222. The lowest BCUT2D eigenvalue weighted by Gasteiger charge is -2.25. The van der Waals surface area contributed by atoms with Crippen molar-refractivity contribution in [1.29, 1.82) is 0 Å². The highest BCUT2D eigenvalue weighted by molar-refractivity contribution is 5.78. The molecule has 2 unspecified atom stereocenters. The van der Waals surface area contributed by atoms with Crippen molar-refractivity contribution >= 4 is 5.91 Å². The molecule has 0 saturated carbocycles. The highest BCUT2D eigenvalue weighted by Crippen LogP contribution is 2.12. The molecule has 5 nitrogen and oxygen atoms in total. The van der Waals surface area contributed by atoms with Gasteiger partial charge in [-0.2, -0.15) is 0 Å². The smallest absolute Gasteiger partial charge is 0.225 e. The lowest BCUT2D eigenvalue weighted by molar-refractivity contribution is -0.136. The Kier molecular flexibility index (Phi) is 9.92. The number of nitrogens with zero attached hydrogens (tertiary/aromatic N) is 1. The second kappa shape index (κ2) is 10.3. The molecule has 0 aromatic heterocycles. The van der Waals surface area contributed by atoms with E-state index in [2.05, 4.69) is 0 Å². The predicted octanol–water partition coefficient (Wildman–Crippen LogP) is 0.607. The number of amides is 1. The third kappa shape index (κ3) is 7.63. The number of carbonyl (C=O) groups excluding carboxylic acids is 1. The minimum absolute atomic E-state index is 0.0119. The summed E-state index contributed by atoms with van der Waals surface area (Å²) in [4.78, 5) is 13.8. The first-order valence-electron chi connectivity index (χ1n) is 6.67. The van der Waals surface area contributed by atoms with Gasteiger partial charge in [0.05, 0.1) is 13.2 Å². The van der Waals surface area contributed by atoms with Crippen LogP contribution in [0.4, 0.5) is 0 Å². The summed E-state index contributed by atoms with van der Waals surface area (Å²) >= 11 is 0. The molecule has 1 amide bonds. The van der Waals surface area contributed by atoms with E-state index in [0.29, 0.717) is 19.7 Å². The summed E-state index contributed by atoms with van der Waals surface area (Å²) in [6.07, 6.45) is 2.74. The van der Waals surface area contributed by atoms with E-state index in [4.69, 9.17) is 15.6 Å². The second-order valence-electron chi connectivity index (χ2n) is 4.85. The van der Waals surface area contributed by atoms with Crippen LogP contribution >= 0.6 is 0 Å². The van der Waals surface area contributed by atoms with Gasteiger partial charge in [-0.15, -0.1) is 0 Å². The van der Waals surface area contributed by atoms with Gasteiger partial charge in [0.2, 0.25) is 5.91 Å². The average molecular weight is 260 g/mol. The number of aliphatic hydroxyl groups excluding tert-OH is 1. The zero-order valence-electron chi connectivity index (χ0n) is 11.9. The first kappa shape index (κ1) is 17.4. The quantitative estimate of drug-likeness (QED) is 0.603. The molecule has 18 heavy (non-hydrogen) atoms. The molecule has 0 radical (unpaired) electrons. The SMILES string of the molecule is COCCN(CCO)C(=O)C(C)CCCC(C)N. The highest BCUT2D eigenvalue weighted by atomic mass is 16.5. The summed E-state index contributed by atoms with van der Waals surface area (Å²) in [5, 5.41) is 8.96. The standard InChI is InChI=1S/C13H28N2O3/c1-11(5-4-6-12(2)14)13(17)15(7-9-16)8-10-18-3/h11-12,16H,4-10,14H2,1-3H3. The van der Waals surface area contributed by atoms with Crippen molar-refractivity contribution in [2.45, 2.75) is 39.2 Å². The fourth-order valence-electron chi connectivity index (χ4n) is 1.84. The van der Waals surface area contributed by atoms with Gasteiger partial charge in [0.25, 0.3) is 0 Å². The van der Waals surface area contributed by atoms with E-state index in [1.807, 2.05) is 13.8 Å². The molecule has 0 fully saturated rings. The van der Waals surface area contributed by atoms with Gasteiger partial charge in [-0.25, -0.2) is 0 Å². The normalized spacial score (nSPS) is 14.3. The summed E-state index contributed by atoms with van der Waals surface area (Å²) in [5.41, 5.74) is 5.68. The van der Waals surface area contributed by atoms with E-state index in [1.54, 1.807) is 12.0 Å². The average Bonchev–Trinajstić information content (AvgIpc) is 2.33. The minimum Gasteiger partial charge on any atom is -0.395 e. The number of aliphatic hydroxyl groups is 1. The summed E-state index contributed by atoms with van der Waals surface area (Å²) in [5.74, 6) is 0.0675. The minimum atomic E-state index is -0.0212. The Labute approximate surface area is 110 Å². The van der Waals surface area contributed by atoms with Gasteiger partial charge in [0.1, 0.15) is 0 Å². The molecule has 0 saturated heterocycles. The van der Waals surface area contributed by atoms with Crippen molar-refractivity contribution in [3.05, 3.63) is 0 Å². The zero-order valence-corrected chi connectivity index (χ0v) is 11.9. The van der Waals surface area contributed by atoms with E-state index in [0.717, 1.165) is 19.3 Å². The number of ether oxygens (including phenoxy) is 1. The summed E-state index contributed by atoms with van der Waals surface area (Å²) in [6, 6.07) is 0.189. The Morgan fingerprint density at radius 3 is 2.50 bits per heavy atom. The maximum absolute atomic E-state index is 12.1. The Morgan fingerprint density at radius 2 is 2.00 bits per heavy atom. The van der Waals surface area contributed by atoms with Gasteiger partial charge in [0.15, 0.2) is 0 Å². The van der Waals surface area contributed by atoms with Crippen molar-refractivity contribution in [3.63, 3.8) is 0 Å². The number of hydrogen-bond donors (Lipinski definition) is 2. The van der Waals surface area contributed by atoms with E-state index in [-0.39, 0.29) is 24.5 Å². The van der Waals surface area contributed by atoms with Crippen molar-refractivity contribution in [3.8, 4) is 0 Å². The number of carbonyl (C=O) groups is 1. The fraction of sp³-hybridized carbons (Fsp3) is 0.923. The van der Waals surface area contributed by atoms with E-state index < -0.39 is 0 Å². The first-order chi connectivity index (χ1) is 8.52. The molecule has 3 N–H and O–H groups in total. The molecule has 0 aromatic carbocycles. The monoisotopic (exact) mass is 260 g/mol. The van der Waals surface area contributed by atoms with Crippen LogP contribution in [-0.4, -0.2) is 55.4 Å². The molecule has 0 heterocycles. The summed E-state index contributed by atoms with van der Waals surface area (Å²) in [7, 11) is 1.60. The van der Waals surface area contributed by atoms with Crippen molar-refractivity contribution < 1.29 is 14.6 Å². The molecule has 0 aliphatic rings. The van der Waals surface area contributed by atoms with Crippen molar-refractivity contribution in [1.82, 2.24) is 4.90 Å². The van der Waals surface area contributed by atoms with Crippen LogP contribution in [0.15, 0.2) is 0 Å². The maximum Gasteiger partial charge on any atom is 0.225 e. The highest BCUT2D eigenvalue weighted by Gasteiger charge is 2.19. The molecule has 5 heteroatoms. The lowest BCUT2D eigenvalue weighted by atomic mass is 10.0. The van der Waals surface area contributed by atoms with E-state index >= 15 is 0 Å². The molecular weight excluding hydrogens is 232 g/mol. The fourth-order valence-corrected chi connectivity index (χ4v) is 1.84. The van der Waals surface area contributed by atoms with Crippen LogP contribution < -0.4 is 5.73 Å². The van der Waals surface area contributed by atoms with Gasteiger partial charge < -0.3 is 20.5 Å². The van der Waals surface area contributed by atoms with Gasteiger partial charge in [-0.1, -0.05) is 13.3 Å². The first-order valence-corrected chi connectivity index (χ1v) is 6.67.